The number of hydrogen-bond donors (Lipinski definition) is 0. The van der Waals surface area contributed by atoms with Gasteiger partial charge < -0.3 is 14.2 Å². The molecule has 0 atom stereocenters. The molecule has 5 nitrogen and oxygen atoms in total. The smallest absolute Gasteiger partial charge is 0.363 e. The van der Waals surface area contributed by atoms with Crippen molar-refractivity contribution in [2.24, 2.45) is 4.99 Å². The average Bonchev–Trinajstić information content (AvgIpc) is 3.14. The number of carbonyl (C=O) groups excluding carboxylic acids is 1. The molecule has 7 heteroatoms. The Labute approximate surface area is 208 Å². The number of aryl methyl sites for hydroxylation is 1. The zero-order chi connectivity index (χ0) is 22.7. The second-order valence-electron chi connectivity index (χ2n) is 7.15. The number of rotatable bonds is 6. The molecule has 0 N–H and O–H groups in total. The van der Waals surface area contributed by atoms with Crippen LogP contribution in [-0.4, -0.2) is 19.0 Å². The van der Waals surface area contributed by atoms with Crippen molar-refractivity contribution in [1.29, 1.82) is 0 Å². The van der Waals surface area contributed by atoms with Gasteiger partial charge in [0.05, 0.1) is 10.7 Å². The van der Waals surface area contributed by atoms with Gasteiger partial charge in [0.25, 0.3) is 0 Å². The molecule has 0 saturated carbocycles. The van der Waals surface area contributed by atoms with E-state index >= 15 is 0 Å². The highest BCUT2D eigenvalue weighted by atomic mass is 127. The number of aliphatic imine (C=N–C) groups is 1. The van der Waals surface area contributed by atoms with Crippen LogP contribution in [-0.2, 0) is 16.1 Å². The predicted molar refractivity (Wildman–Crippen MR) is 136 cm³/mol. The lowest BCUT2D eigenvalue weighted by molar-refractivity contribution is -0.129. The van der Waals surface area contributed by atoms with Crippen LogP contribution in [0.2, 0.25) is 0 Å². The molecule has 1 aliphatic heterocycles. The molecule has 0 bridgehead atoms. The van der Waals surface area contributed by atoms with Crippen LogP contribution in [0.1, 0.15) is 22.3 Å². The van der Waals surface area contributed by atoms with Gasteiger partial charge in [-0.2, -0.15) is 0 Å². The molecule has 3 aromatic rings. The maximum Gasteiger partial charge on any atom is 0.363 e. The van der Waals surface area contributed by atoms with Crippen molar-refractivity contribution >= 4 is 56.5 Å². The molecular weight excluding hydrogens is 585 g/mol. The first-order chi connectivity index (χ1) is 15.4. The summed E-state index contributed by atoms with van der Waals surface area (Å²) in [7, 11) is 1.59. The Bertz CT molecular complexity index is 1220. The number of nitrogens with zero attached hydrogens (tertiary/aromatic N) is 1. The Morgan fingerprint density at radius 1 is 1.09 bits per heavy atom. The summed E-state index contributed by atoms with van der Waals surface area (Å²) in [5, 5.41) is 0. The molecule has 4 rings (SSSR count). The number of hydrogen-bond acceptors (Lipinski definition) is 5. The molecule has 0 aliphatic carbocycles. The topological polar surface area (TPSA) is 57.1 Å². The molecular formula is C25H19BrINO4. The minimum Gasteiger partial charge on any atom is -0.493 e. The lowest BCUT2D eigenvalue weighted by atomic mass is 10.1. The van der Waals surface area contributed by atoms with Crippen LogP contribution in [0, 0.1) is 10.5 Å². The van der Waals surface area contributed by atoms with Gasteiger partial charge in [-0.1, -0.05) is 45.8 Å². The highest BCUT2D eigenvalue weighted by Crippen LogP contribution is 2.35. The number of ether oxygens (including phenoxy) is 3. The summed E-state index contributed by atoms with van der Waals surface area (Å²) in [6.45, 7) is 2.48. The predicted octanol–water partition coefficient (Wildman–Crippen LogP) is 6.29. The Kier molecular flexibility index (Phi) is 6.95. The van der Waals surface area contributed by atoms with E-state index in [1.165, 1.54) is 5.56 Å². The zero-order valence-corrected chi connectivity index (χ0v) is 21.1. The first-order valence-electron chi connectivity index (χ1n) is 9.77. The maximum absolute atomic E-state index is 12.3. The summed E-state index contributed by atoms with van der Waals surface area (Å²) < 4.78 is 18.7. The third-order valence-corrected chi connectivity index (χ3v) is 6.10. The van der Waals surface area contributed by atoms with E-state index in [0.29, 0.717) is 18.1 Å². The van der Waals surface area contributed by atoms with Crippen molar-refractivity contribution in [1.82, 2.24) is 0 Å². The Hall–Kier alpha value is -2.65. The average molecular weight is 604 g/mol. The quantitative estimate of drug-likeness (QED) is 0.189. The van der Waals surface area contributed by atoms with Crippen molar-refractivity contribution < 1.29 is 19.0 Å². The van der Waals surface area contributed by atoms with E-state index in [2.05, 4.69) is 62.6 Å². The van der Waals surface area contributed by atoms with Crippen molar-refractivity contribution in [2.75, 3.05) is 7.11 Å². The molecule has 0 radical (unpaired) electrons. The van der Waals surface area contributed by atoms with Crippen LogP contribution in [0.25, 0.3) is 6.08 Å². The van der Waals surface area contributed by atoms with Gasteiger partial charge in [-0.25, -0.2) is 9.79 Å². The Balaban J connectivity index is 1.58. The van der Waals surface area contributed by atoms with Gasteiger partial charge in [0, 0.05) is 10.0 Å². The van der Waals surface area contributed by atoms with Crippen molar-refractivity contribution in [3.05, 3.63) is 96.7 Å². The summed E-state index contributed by atoms with van der Waals surface area (Å²) in [6, 6.07) is 19.4. The van der Waals surface area contributed by atoms with E-state index in [1.54, 1.807) is 13.2 Å². The SMILES string of the molecule is COc1cc(/C=C2\N=C(c3ccc(Br)cc3)OC2=O)cc(I)c1OCc1ccc(C)cc1. The van der Waals surface area contributed by atoms with Gasteiger partial charge in [0.2, 0.25) is 5.90 Å². The molecule has 1 heterocycles. The molecule has 3 aromatic carbocycles. The summed E-state index contributed by atoms with van der Waals surface area (Å²) in [4.78, 5) is 16.7. The summed E-state index contributed by atoms with van der Waals surface area (Å²) >= 11 is 5.59. The second kappa shape index (κ2) is 9.87. The van der Waals surface area contributed by atoms with Crippen molar-refractivity contribution in [3.8, 4) is 11.5 Å². The zero-order valence-electron chi connectivity index (χ0n) is 17.4. The molecule has 1 aliphatic rings. The third-order valence-electron chi connectivity index (χ3n) is 4.77. The van der Waals surface area contributed by atoms with Crippen LogP contribution in [0.15, 0.2) is 75.8 Å². The standard InChI is InChI=1S/C25H19BrINO4/c1-15-3-5-16(6-4-15)14-31-23-20(27)11-17(13-22(23)30-2)12-21-25(29)32-24(28-21)18-7-9-19(26)10-8-18/h3-13H,14H2,1-2H3/b21-12-. The van der Waals surface area contributed by atoms with Crippen LogP contribution in [0.4, 0.5) is 0 Å². The first-order valence-corrected chi connectivity index (χ1v) is 11.6. The minimum atomic E-state index is -0.489. The lowest BCUT2D eigenvalue weighted by Crippen LogP contribution is -2.05. The molecule has 0 fully saturated rings. The molecule has 0 spiro atoms. The van der Waals surface area contributed by atoms with Crippen molar-refractivity contribution in [2.45, 2.75) is 13.5 Å². The van der Waals surface area contributed by atoms with E-state index in [-0.39, 0.29) is 11.6 Å². The van der Waals surface area contributed by atoms with Gasteiger partial charge >= 0.3 is 5.97 Å². The fraction of sp³-hybridized carbons (Fsp3) is 0.120. The van der Waals surface area contributed by atoms with Crippen molar-refractivity contribution in [3.63, 3.8) is 0 Å². The summed E-state index contributed by atoms with van der Waals surface area (Å²) in [5.74, 6) is 1.04. The fourth-order valence-electron chi connectivity index (χ4n) is 3.09. The maximum atomic E-state index is 12.3. The molecule has 32 heavy (non-hydrogen) atoms. The van der Waals surface area contributed by atoms with Gasteiger partial charge in [-0.05, 0) is 83.1 Å². The number of esters is 1. The second-order valence-corrected chi connectivity index (χ2v) is 9.23. The van der Waals surface area contributed by atoms with E-state index in [9.17, 15) is 4.79 Å². The number of carbonyl (C=O) groups is 1. The van der Waals surface area contributed by atoms with E-state index < -0.39 is 5.97 Å². The fourth-order valence-corrected chi connectivity index (χ4v) is 4.13. The van der Waals surface area contributed by atoms with Gasteiger partial charge in [-0.3, -0.25) is 0 Å². The number of cyclic esters (lactones) is 1. The number of methoxy groups -OCH3 is 1. The number of halogens is 2. The van der Waals surface area contributed by atoms with Gasteiger partial charge in [0.1, 0.15) is 6.61 Å². The van der Waals surface area contributed by atoms with E-state index in [0.717, 1.165) is 24.7 Å². The number of benzene rings is 3. The Morgan fingerprint density at radius 3 is 2.50 bits per heavy atom. The highest BCUT2D eigenvalue weighted by molar-refractivity contribution is 14.1. The highest BCUT2D eigenvalue weighted by Gasteiger charge is 2.24. The van der Waals surface area contributed by atoms with Crippen LogP contribution >= 0.6 is 38.5 Å². The Morgan fingerprint density at radius 2 is 1.81 bits per heavy atom. The minimum absolute atomic E-state index is 0.231. The monoisotopic (exact) mass is 603 g/mol. The van der Waals surface area contributed by atoms with Crippen LogP contribution in [0.5, 0.6) is 11.5 Å². The largest absolute Gasteiger partial charge is 0.493 e. The normalized spacial score (nSPS) is 14.3. The summed E-state index contributed by atoms with van der Waals surface area (Å²) in [6.07, 6.45) is 1.68. The summed E-state index contributed by atoms with van der Waals surface area (Å²) in [5.41, 5.74) is 4.01. The van der Waals surface area contributed by atoms with Crippen LogP contribution < -0.4 is 9.47 Å². The first kappa shape index (κ1) is 22.5. The van der Waals surface area contributed by atoms with E-state index in [1.807, 2.05) is 48.5 Å². The molecule has 0 aromatic heterocycles. The molecule has 162 valence electrons. The molecule has 0 amide bonds. The molecule has 0 unspecified atom stereocenters. The van der Waals surface area contributed by atoms with E-state index in [4.69, 9.17) is 14.2 Å². The molecule has 0 saturated heterocycles. The van der Waals surface area contributed by atoms with Crippen LogP contribution in [0.3, 0.4) is 0 Å². The van der Waals surface area contributed by atoms with Gasteiger partial charge in [-0.15, -0.1) is 0 Å². The van der Waals surface area contributed by atoms with Gasteiger partial charge in [0.15, 0.2) is 17.2 Å². The lowest BCUT2D eigenvalue weighted by Gasteiger charge is -2.14. The third kappa shape index (κ3) is 5.21.